The molecule has 0 aromatic carbocycles. The van der Waals surface area contributed by atoms with Crippen LogP contribution in [0.2, 0.25) is 0 Å². The Morgan fingerprint density at radius 2 is 2.09 bits per heavy atom. The van der Waals surface area contributed by atoms with Crippen LogP contribution in [0, 0.1) is 5.92 Å². The van der Waals surface area contributed by atoms with E-state index < -0.39 is 12.0 Å². The molecule has 0 bridgehead atoms. The van der Waals surface area contributed by atoms with Gasteiger partial charge in [0.05, 0.1) is 6.61 Å². The fourth-order valence-electron chi connectivity index (χ4n) is 0.828. The smallest absolute Gasteiger partial charge is 0.320 e. The predicted molar refractivity (Wildman–Crippen MR) is 41.4 cm³/mol. The Hall–Kier alpha value is -0.610. The Morgan fingerprint density at radius 1 is 1.55 bits per heavy atom. The number of carbonyl (C=O) groups is 1. The molecule has 1 atom stereocenters. The molecule has 11 heavy (non-hydrogen) atoms. The maximum Gasteiger partial charge on any atom is 0.320 e. The van der Waals surface area contributed by atoms with Crippen LogP contribution >= 0.6 is 0 Å². The van der Waals surface area contributed by atoms with Gasteiger partial charge in [-0.2, -0.15) is 0 Å². The average molecular weight is 161 g/mol. The molecule has 0 aliphatic rings. The fourth-order valence-corrected chi connectivity index (χ4v) is 0.828. The topological polar surface area (TPSA) is 69.6 Å². The highest BCUT2D eigenvalue weighted by Crippen LogP contribution is 2.00. The summed E-state index contributed by atoms with van der Waals surface area (Å²) < 4.78 is 0. The third-order valence-electron chi connectivity index (χ3n) is 1.41. The van der Waals surface area contributed by atoms with E-state index in [2.05, 4.69) is 5.32 Å². The first-order valence-electron chi connectivity index (χ1n) is 3.66. The van der Waals surface area contributed by atoms with Gasteiger partial charge in [-0.1, -0.05) is 13.8 Å². The highest BCUT2D eigenvalue weighted by Gasteiger charge is 2.19. The zero-order chi connectivity index (χ0) is 8.85. The molecule has 3 N–H and O–H groups in total. The zero-order valence-corrected chi connectivity index (χ0v) is 6.87. The number of carboxylic acid groups (broad SMARTS) is 1. The van der Waals surface area contributed by atoms with Crippen molar-refractivity contribution in [1.29, 1.82) is 0 Å². The normalized spacial score (nSPS) is 13.5. The number of aliphatic carboxylic acids is 1. The zero-order valence-electron chi connectivity index (χ0n) is 6.87. The number of hydrogen-bond acceptors (Lipinski definition) is 3. The van der Waals surface area contributed by atoms with Gasteiger partial charge < -0.3 is 15.5 Å². The largest absolute Gasteiger partial charge is 0.480 e. The summed E-state index contributed by atoms with van der Waals surface area (Å²) in [6.07, 6.45) is 0. The van der Waals surface area contributed by atoms with Gasteiger partial charge in [-0.05, 0) is 5.92 Å². The van der Waals surface area contributed by atoms with Crippen molar-refractivity contribution in [3.8, 4) is 0 Å². The Labute approximate surface area is 66.2 Å². The Balaban J connectivity index is 3.80. The Kier molecular flexibility index (Phi) is 4.81. The van der Waals surface area contributed by atoms with Crippen LogP contribution in [-0.2, 0) is 4.79 Å². The lowest BCUT2D eigenvalue weighted by molar-refractivity contribution is -0.140. The molecule has 66 valence electrons. The van der Waals surface area contributed by atoms with E-state index in [0.717, 1.165) is 0 Å². The van der Waals surface area contributed by atoms with E-state index in [1.54, 1.807) is 0 Å². The number of aliphatic hydroxyl groups is 1. The average Bonchev–Trinajstić information content (AvgIpc) is 1.87. The molecule has 0 aromatic rings. The number of rotatable bonds is 5. The van der Waals surface area contributed by atoms with Crippen LogP contribution in [-0.4, -0.2) is 35.4 Å². The first kappa shape index (κ1) is 10.4. The maximum absolute atomic E-state index is 10.5. The van der Waals surface area contributed by atoms with Crippen LogP contribution in [0.5, 0.6) is 0 Å². The second-order valence-corrected chi connectivity index (χ2v) is 2.74. The third kappa shape index (κ3) is 3.95. The molecule has 0 saturated heterocycles. The van der Waals surface area contributed by atoms with Crippen molar-refractivity contribution in [2.75, 3.05) is 13.2 Å². The van der Waals surface area contributed by atoms with Gasteiger partial charge >= 0.3 is 5.97 Å². The Morgan fingerprint density at radius 3 is 2.36 bits per heavy atom. The molecule has 0 heterocycles. The van der Waals surface area contributed by atoms with Crippen molar-refractivity contribution in [3.63, 3.8) is 0 Å². The van der Waals surface area contributed by atoms with Crippen LogP contribution in [0.25, 0.3) is 0 Å². The molecule has 0 rings (SSSR count). The summed E-state index contributed by atoms with van der Waals surface area (Å²) in [5, 5.41) is 19.8. The quantitative estimate of drug-likeness (QED) is 0.516. The molecule has 0 spiro atoms. The molecular formula is C7H15NO3. The number of aliphatic hydroxyl groups excluding tert-OH is 1. The van der Waals surface area contributed by atoms with E-state index in [4.69, 9.17) is 10.2 Å². The highest BCUT2D eigenvalue weighted by atomic mass is 16.4. The van der Waals surface area contributed by atoms with Gasteiger partial charge in [-0.15, -0.1) is 0 Å². The summed E-state index contributed by atoms with van der Waals surface area (Å²) in [6, 6.07) is -0.554. The monoisotopic (exact) mass is 161 g/mol. The van der Waals surface area contributed by atoms with E-state index >= 15 is 0 Å². The first-order chi connectivity index (χ1) is 5.09. The molecule has 0 amide bonds. The van der Waals surface area contributed by atoms with Gasteiger partial charge in [0.2, 0.25) is 0 Å². The summed E-state index contributed by atoms with van der Waals surface area (Å²) in [5.41, 5.74) is 0. The minimum absolute atomic E-state index is 0.0312. The van der Waals surface area contributed by atoms with Gasteiger partial charge in [-0.25, -0.2) is 0 Å². The molecule has 0 aliphatic carbocycles. The molecule has 0 radical (unpaired) electrons. The van der Waals surface area contributed by atoms with Crippen LogP contribution in [0.15, 0.2) is 0 Å². The second kappa shape index (κ2) is 5.09. The van der Waals surface area contributed by atoms with Gasteiger partial charge in [0.25, 0.3) is 0 Å². The van der Waals surface area contributed by atoms with Gasteiger partial charge in [0.15, 0.2) is 0 Å². The number of carboxylic acids is 1. The van der Waals surface area contributed by atoms with E-state index in [0.29, 0.717) is 6.54 Å². The van der Waals surface area contributed by atoms with Crippen LogP contribution in [0.1, 0.15) is 13.8 Å². The van der Waals surface area contributed by atoms with Crippen molar-refractivity contribution in [2.45, 2.75) is 19.9 Å². The summed E-state index contributed by atoms with van der Waals surface area (Å²) in [6.45, 7) is 3.94. The maximum atomic E-state index is 10.5. The predicted octanol–water partition coefficient (Wildman–Crippen LogP) is -0.323. The van der Waals surface area contributed by atoms with Crippen molar-refractivity contribution in [3.05, 3.63) is 0 Å². The number of hydrogen-bond donors (Lipinski definition) is 3. The number of nitrogens with one attached hydrogen (secondary N) is 1. The lowest BCUT2D eigenvalue weighted by Gasteiger charge is -2.16. The molecule has 0 unspecified atom stereocenters. The lowest BCUT2D eigenvalue weighted by Crippen LogP contribution is -2.42. The Bertz CT molecular complexity index is 125. The minimum atomic E-state index is -0.867. The molecular weight excluding hydrogens is 146 g/mol. The van der Waals surface area contributed by atoms with Crippen molar-refractivity contribution in [2.24, 2.45) is 5.92 Å². The summed E-state index contributed by atoms with van der Waals surface area (Å²) in [4.78, 5) is 10.5. The second-order valence-electron chi connectivity index (χ2n) is 2.74. The van der Waals surface area contributed by atoms with E-state index in [-0.39, 0.29) is 12.5 Å². The van der Waals surface area contributed by atoms with Gasteiger partial charge in [0.1, 0.15) is 6.04 Å². The molecule has 0 aliphatic heterocycles. The molecule has 0 aromatic heterocycles. The van der Waals surface area contributed by atoms with Crippen LogP contribution in [0.3, 0.4) is 0 Å². The van der Waals surface area contributed by atoms with Crippen molar-refractivity contribution < 1.29 is 15.0 Å². The standard InChI is InChI=1S/C7H15NO3/c1-5(2)6(7(10)11)8-3-4-9/h5-6,8-9H,3-4H2,1-2H3,(H,10,11)/t6-/m0/s1. The molecule has 0 fully saturated rings. The van der Waals surface area contributed by atoms with Gasteiger partial charge in [0, 0.05) is 6.54 Å². The van der Waals surface area contributed by atoms with E-state index in [9.17, 15) is 4.79 Å². The third-order valence-corrected chi connectivity index (χ3v) is 1.41. The summed E-state index contributed by atoms with van der Waals surface area (Å²) in [7, 11) is 0. The fraction of sp³-hybridized carbons (Fsp3) is 0.857. The van der Waals surface area contributed by atoms with Crippen LogP contribution in [0.4, 0.5) is 0 Å². The van der Waals surface area contributed by atoms with Crippen molar-refractivity contribution in [1.82, 2.24) is 5.32 Å². The minimum Gasteiger partial charge on any atom is -0.480 e. The first-order valence-corrected chi connectivity index (χ1v) is 3.66. The van der Waals surface area contributed by atoms with Crippen molar-refractivity contribution >= 4 is 5.97 Å². The van der Waals surface area contributed by atoms with E-state index in [1.807, 2.05) is 13.8 Å². The SMILES string of the molecule is CC(C)[C@H](NCCO)C(=O)O. The summed E-state index contributed by atoms with van der Waals surface area (Å²) in [5.74, 6) is -0.826. The summed E-state index contributed by atoms with van der Waals surface area (Å²) >= 11 is 0. The van der Waals surface area contributed by atoms with E-state index in [1.165, 1.54) is 0 Å². The highest BCUT2D eigenvalue weighted by molar-refractivity contribution is 5.73. The molecule has 4 nitrogen and oxygen atoms in total. The van der Waals surface area contributed by atoms with Gasteiger partial charge in [-0.3, -0.25) is 4.79 Å². The van der Waals surface area contributed by atoms with Crippen LogP contribution < -0.4 is 5.32 Å². The lowest BCUT2D eigenvalue weighted by atomic mass is 10.1. The molecule has 4 heteroatoms. The molecule has 0 saturated carbocycles.